The highest BCUT2D eigenvalue weighted by molar-refractivity contribution is 6.28. The highest BCUT2D eigenvalue weighted by Crippen LogP contribution is 2.33. The Morgan fingerprint density at radius 3 is 2.69 bits per heavy atom. The normalized spacial score (nSPS) is 34.7. The van der Waals surface area contributed by atoms with Gasteiger partial charge in [0.05, 0.1) is 25.1 Å². The van der Waals surface area contributed by atoms with E-state index in [0.717, 1.165) is 19.3 Å². The molecule has 1 saturated carbocycles. The largest absolute Gasteiger partial charge is 0.394 e. The van der Waals surface area contributed by atoms with E-state index in [1.807, 2.05) is 0 Å². The monoisotopic (exact) mass is 385 g/mol. The van der Waals surface area contributed by atoms with Crippen molar-refractivity contribution in [3.8, 4) is 0 Å². The zero-order chi connectivity index (χ0) is 18.4. The summed E-state index contributed by atoms with van der Waals surface area (Å²) in [5.74, 6) is 0.386. The van der Waals surface area contributed by atoms with Gasteiger partial charge in [0.1, 0.15) is 18.3 Å². The first-order chi connectivity index (χ1) is 12.5. The van der Waals surface area contributed by atoms with Crippen LogP contribution >= 0.6 is 11.6 Å². The molecule has 5 N–H and O–H groups in total. The fourth-order valence-electron chi connectivity index (χ4n) is 3.57. The number of anilines is 1. The van der Waals surface area contributed by atoms with Crippen molar-refractivity contribution < 1.29 is 25.2 Å². The number of hydrogen-bond acceptors (Lipinski definition) is 9. The maximum atomic E-state index is 10.2. The number of rotatable bonds is 4. The number of ether oxygens (including phenoxy) is 1. The van der Waals surface area contributed by atoms with Gasteiger partial charge < -0.3 is 30.5 Å². The molecule has 0 spiro atoms. The summed E-state index contributed by atoms with van der Waals surface area (Å²) >= 11 is 6.04. The summed E-state index contributed by atoms with van der Waals surface area (Å²) in [6, 6.07) is -0.150. The highest BCUT2D eigenvalue weighted by Gasteiger charge is 2.44. The molecule has 4 rings (SSSR count). The molecule has 0 unspecified atom stereocenters. The van der Waals surface area contributed by atoms with Crippen LogP contribution in [0.3, 0.4) is 0 Å². The lowest BCUT2D eigenvalue weighted by Gasteiger charge is -2.18. The molecular weight excluding hydrogens is 366 g/mol. The molecule has 26 heavy (non-hydrogen) atoms. The topological polar surface area (TPSA) is 146 Å². The zero-order valence-electron chi connectivity index (χ0n) is 13.7. The maximum Gasteiger partial charge on any atom is 0.226 e. The fourth-order valence-corrected chi connectivity index (χ4v) is 3.74. The van der Waals surface area contributed by atoms with E-state index < -0.39 is 37.3 Å². The summed E-state index contributed by atoms with van der Waals surface area (Å²) in [5.41, 5.74) is 0.723. The third kappa shape index (κ3) is 2.92. The Morgan fingerprint density at radius 1 is 1.23 bits per heavy atom. The van der Waals surface area contributed by atoms with Crippen LogP contribution in [-0.4, -0.2) is 77.0 Å². The number of fused-ring (bicyclic) bond motifs is 1. The summed E-state index contributed by atoms with van der Waals surface area (Å²) in [7, 11) is 0. The summed E-state index contributed by atoms with van der Waals surface area (Å²) in [5, 5.41) is 42.6. The van der Waals surface area contributed by atoms with Gasteiger partial charge in [-0.25, -0.2) is 4.98 Å². The standard InChI is InChI=1S/C15H20ClN5O5/c16-15-19-12(18-6-2-1-3-7(6)23)9-13(20-15)21(5-17-9)14-11(25)10(24)8(4-22)26-14/h5-8,10-11,14,22-25H,1-4H2,(H,18,19,20)/t6-,7-,8-,10-,11-,14-/m1/s1. The van der Waals surface area contributed by atoms with Crippen LogP contribution in [0.15, 0.2) is 6.33 Å². The molecule has 0 radical (unpaired) electrons. The molecule has 2 aromatic rings. The van der Waals surface area contributed by atoms with Crippen molar-refractivity contribution in [2.75, 3.05) is 11.9 Å². The Balaban J connectivity index is 1.70. The predicted molar refractivity (Wildman–Crippen MR) is 90.6 cm³/mol. The van der Waals surface area contributed by atoms with Crippen LogP contribution in [0.1, 0.15) is 25.5 Å². The third-order valence-electron chi connectivity index (χ3n) is 4.99. The Kier molecular flexibility index (Phi) is 4.71. The second-order valence-electron chi connectivity index (χ2n) is 6.64. The van der Waals surface area contributed by atoms with Crippen molar-refractivity contribution >= 4 is 28.6 Å². The fraction of sp³-hybridized carbons (Fsp3) is 0.667. The van der Waals surface area contributed by atoms with Crippen LogP contribution in [0.25, 0.3) is 11.2 Å². The lowest BCUT2D eigenvalue weighted by atomic mass is 10.1. The minimum atomic E-state index is -1.26. The van der Waals surface area contributed by atoms with Crippen LogP contribution < -0.4 is 5.32 Å². The Hall–Kier alpha value is -1.56. The molecule has 0 bridgehead atoms. The van der Waals surface area contributed by atoms with Crippen molar-refractivity contribution in [1.82, 2.24) is 19.5 Å². The number of nitrogens with one attached hydrogen (secondary N) is 1. The summed E-state index contributed by atoms with van der Waals surface area (Å²) in [6.07, 6.45) is -0.988. The van der Waals surface area contributed by atoms with Crippen molar-refractivity contribution in [3.05, 3.63) is 11.6 Å². The molecule has 10 nitrogen and oxygen atoms in total. The van der Waals surface area contributed by atoms with Gasteiger partial charge in [0.15, 0.2) is 23.2 Å². The van der Waals surface area contributed by atoms with E-state index in [1.54, 1.807) is 0 Å². The Morgan fingerprint density at radius 2 is 2.04 bits per heavy atom. The summed E-state index contributed by atoms with van der Waals surface area (Å²) < 4.78 is 6.97. The molecule has 6 atom stereocenters. The van der Waals surface area contributed by atoms with E-state index >= 15 is 0 Å². The third-order valence-corrected chi connectivity index (χ3v) is 5.16. The van der Waals surface area contributed by atoms with Crippen molar-refractivity contribution in [2.24, 2.45) is 0 Å². The molecule has 0 aromatic carbocycles. The molecule has 3 heterocycles. The second kappa shape index (κ2) is 6.87. The smallest absolute Gasteiger partial charge is 0.226 e. The first-order valence-electron chi connectivity index (χ1n) is 8.46. The number of aliphatic hydroxyl groups excluding tert-OH is 4. The van der Waals surface area contributed by atoms with Crippen LogP contribution in [0.4, 0.5) is 5.82 Å². The van der Waals surface area contributed by atoms with Crippen LogP contribution in [0, 0.1) is 0 Å². The summed E-state index contributed by atoms with van der Waals surface area (Å²) in [4.78, 5) is 12.6. The lowest BCUT2D eigenvalue weighted by Crippen LogP contribution is -2.33. The minimum absolute atomic E-state index is 0.0269. The van der Waals surface area contributed by atoms with Gasteiger partial charge in [0, 0.05) is 0 Å². The quantitative estimate of drug-likeness (QED) is 0.436. The van der Waals surface area contributed by atoms with Gasteiger partial charge in [0.2, 0.25) is 5.28 Å². The summed E-state index contributed by atoms with van der Waals surface area (Å²) in [6.45, 7) is -0.427. The number of aromatic nitrogens is 4. The van der Waals surface area contributed by atoms with Crippen LogP contribution in [0.5, 0.6) is 0 Å². The van der Waals surface area contributed by atoms with Gasteiger partial charge >= 0.3 is 0 Å². The van der Waals surface area contributed by atoms with Crippen molar-refractivity contribution in [3.63, 3.8) is 0 Å². The zero-order valence-corrected chi connectivity index (χ0v) is 14.5. The highest BCUT2D eigenvalue weighted by atomic mass is 35.5. The van der Waals surface area contributed by atoms with Gasteiger partial charge in [-0.3, -0.25) is 4.57 Å². The molecule has 142 valence electrons. The SMILES string of the molecule is OC[C@H]1O[C@@H](n2cnc3c(N[C@@H]4CCC[C@H]4O)nc(Cl)nc32)[C@H](O)[C@@H]1O. The van der Waals surface area contributed by atoms with E-state index in [0.29, 0.717) is 17.0 Å². The molecule has 1 aliphatic carbocycles. The van der Waals surface area contributed by atoms with E-state index in [2.05, 4.69) is 20.3 Å². The lowest BCUT2D eigenvalue weighted by molar-refractivity contribution is -0.0511. The predicted octanol–water partition coefficient (Wildman–Crippen LogP) is -0.584. The molecule has 2 aromatic heterocycles. The molecule has 11 heteroatoms. The molecule has 1 aliphatic heterocycles. The number of imidazole rings is 1. The first kappa shape index (κ1) is 17.8. The van der Waals surface area contributed by atoms with Gasteiger partial charge in [0.25, 0.3) is 0 Å². The van der Waals surface area contributed by atoms with Crippen LogP contribution in [0.2, 0.25) is 5.28 Å². The van der Waals surface area contributed by atoms with Gasteiger partial charge in [-0.15, -0.1) is 0 Å². The van der Waals surface area contributed by atoms with E-state index in [9.17, 15) is 20.4 Å². The minimum Gasteiger partial charge on any atom is -0.394 e. The Bertz CT molecular complexity index is 804. The average Bonchev–Trinajstić information content (AvgIpc) is 3.28. The molecule has 2 fully saturated rings. The van der Waals surface area contributed by atoms with Crippen molar-refractivity contribution in [1.29, 1.82) is 0 Å². The number of nitrogens with zero attached hydrogens (tertiary/aromatic N) is 4. The number of hydrogen-bond donors (Lipinski definition) is 5. The molecule has 1 saturated heterocycles. The van der Waals surface area contributed by atoms with Crippen molar-refractivity contribution in [2.45, 2.75) is 55.9 Å². The molecule has 0 amide bonds. The maximum absolute atomic E-state index is 10.2. The molecular formula is C15H20ClN5O5. The van der Waals surface area contributed by atoms with E-state index in [1.165, 1.54) is 10.9 Å². The number of aliphatic hydroxyl groups is 4. The van der Waals surface area contributed by atoms with Gasteiger partial charge in [-0.2, -0.15) is 9.97 Å². The average molecular weight is 386 g/mol. The van der Waals surface area contributed by atoms with E-state index in [-0.39, 0.29) is 11.3 Å². The first-order valence-corrected chi connectivity index (χ1v) is 8.84. The van der Waals surface area contributed by atoms with Crippen LogP contribution in [-0.2, 0) is 4.74 Å². The molecule has 2 aliphatic rings. The van der Waals surface area contributed by atoms with Gasteiger partial charge in [-0.1, -0.05) is 0 Å². The number of halogens is 1. The Labute approximate surface area is 153 Å². The second-order valence-corrected chi connectivity index (χ2v) is 6.98. The van der Waals surface area contributed by atoms with E-state index in [4.69, 9.17) is 16.3 Å². The van der Waals surface area contributed by atoms with Gasteiger partial charge in [-0.05, 0) is 30.9 Å².